The zero-order valence-corrected chi connectivity index (χ0v) is 12.0. The molecule has 0 amide bonds. The quantitative estimate of drug-likeness (QED) is 0.566. The van der Waals surface area contributed by atoms with Gasteiger partial charge in [0.2, 0.25) is 0 Å². The van der Waals surface area contributed by atoms with E-state index in [1.807, 2.05) is 44.2 Å². The minimum Gasteiger partial charge on any atom is -0.427 e. The van der Waals surface area contributed by atoms with Crippen LogP contribution in [0.4, 0.5) is 5.69 Å². The number of nitrogens with zero attached hydrogens (tertiary/aromatic N) is 1. The highest BCUT2D eigenvalue weighted by molar-refractivity contribution is 5.79. The van der Waals surface area contributed by atoms with Crippen LogP contribution in [0, 0.1) is 0 Å². The Labute approximate surface area is 119 Å². The van der Waals surface area contributed by atoms with E-state index in [9.17, 15) is 9.59 Å². The van der Waals surface area contributed by atoms with Crippen molar-refractivity contribution < 1.29 is 14.3 Å². The van der Waals surface area contributed by atoms with Gasteiger partial charge in [-0.3, -0.25) is 4.79 Å². The average molecular weight is 273 g/mol. The molecular formula is C16H19NO3. The Hall–Kier alpha value is -2.36. The first-order chi connectivity index (χ1) is 9.67. The van der Waals surface area contributed by atoms with Gasteiger partial charge in [0.05, 0.1) is 12.2 Å². The lowest BCUT2D eigenvalue weighted by Crippen LogP contribution is -2.20. The molecule has 4 nitrogen and oxygen atoms in total. The summed E-state index contributed by atoms with van der Waals surface area (Å²) in [7, 11) is 1.77. The van der Waals surface area contributed by atoms with Crippen LogP contribution in [0.3, 0.4) is 0 Å². The molecule has 0 radical (unpaired) electrons. The van der Waals surface area contributed by atoms with E-state index in [2.05, 4.69) is 0 Å². The highest BCUT2D eigenvalue weighted by Crippen LogP contribution is 2.31. The highest BCUT2D eigenvalue weighted by Gasteiger charge is 2.11. The van der Waals surface area contributed by atoms with Gasteiger partial charge in [-0.15, -0.1) is 0 Å². The van der Waals surface area contributed by atoms with Crippen LogP contribution in [0.5, 0.6) is 5.75 Å². The van der Waals surface area contributed by atoms with Crippen molar-refractivity contribution in [2.75, 3.05) is 18.5 Å². The lowest BCUT2D eigenvalue weighted by molar-refractivity contribution is -0.120. The van der Waals surface area contributed by atoms with Crippen molar-refractivity contribution in [1.29, 1.82) is 0 Å². The third-order valence-corrected chi connectivity index (χ3v) is 2.88. The number of ether oxygens (including phenoxy) is 1. The fourth-order valence-corrected chi connectivity index (χ4v) is 1.90. The summed E-state index contributed by atoms with van der Waals surface area (Å²) in [5.74, 6) is 0.434. The number of benzene rings is 1. The molecule has 0 fully saturated rings. The van der Waals surface area contributed by atoms with Crippen LogP contribution >= 0.6 is 0 Å². The molecule has 0 aliphatic heterocycles. The SMILES string of the molecule is C/C=C\C(=C/C)c1ccc(OC=O)c(N(C)CC=O)c1. The van der Waals surface area contributed by atoms with Gasteiger partial charge in [-0.25, -0.2) is 0 Å². The summed E-state index contributed by atoms with van der Waals surface area (Å²) >= 11 is 0. The van der Waals surface area contributed by atoms with Crippen molar-refractivity contribution >= 4 is 24.0 Å². The maximum absolute atomic E-state index is 10.7. The smallest absolute Gasteiger partial charge is 0.298 e. The van der Waals surface area contributed by atoms with Gasteiger partial charge in [-0.2, -0.15) is 0 Å². The number of likely N-dealkylation sites (N-methyl/N-ethyl adjacent to an activating group) is 1. The van der Waals surface area contributed by atoms with Gasteiger partial charge in [-0.1, -0.05) is 24.3 Å². The van der Waals surface area contributed by atoms with E-state index in [-0.39, 0.29) is 6.54 Å². The molecule has 0 atom stereocenters. The maximum Gasteiger partial charge on any atom is 0.298 e. The van der Waals surface area contributed by atoms with E-state index in [1.54, 1.807) is 18.0 Å². The first-order valence-electron chi connectivity index (χ1n) is 6.36. The molecule has 0 heterocycles. The summed E-state index contributed by atoms with van der Waals surface area (Å²) in [5, 5.41) is 0. The van der Waals surface area contributed by atoms with Crippen molar-refractivity contribution in [3.05, 3.63) is 42.0 Å². The number of hydrogen-bond acceptors (Lipinski definition) is 4. The van der Waals surface area contributed by atoms with Crippen molar-refractivity contribution in [2.24, 2.45) is 0 Å². The molecule has 1 aromatic rings. The number of anilines is 1. The molecule has 0 N–H and O–H groups in total. The van der Waals surface area contributed by atoms with Gasteiger partial charge in [0, 0.05) is 7.05 Å². The van der Waals surface area contributed by atoms with E-state index in [1.165, 1.54) is 0 Å². The van der Waals surface area contributed by atoms with Crippen LogP contribution in [-0.2, 0) is 9.59 Å². The molecule has 4 heteroatoms. The molecule has 0 saturated carbocycles. The molecule has 1 aromatic carbocycles. The highest BCUT2D eigenvalue weighted by atomic mass is 16.5. The first-order valence-corrected chi connectivity index (χ1v) is 6.36. The molecular weight excluding hydrogens is 254 g/mol. The van der Waals surface area contributed by atoms with Crippen LogP contribution in [0.2, 0.25) is 0 Å². The molecule has 20 heavy (non-hydrogen) atoms. The summed E-state index contributed by atoms with van der Waals surface area (Å²) < 4.78 is 4.96. The Balaban J connectivity index is 3.28. The molecule has 106 valence electrons. The second-order valence-corrected chi connectivity index (χ2v) is 4.19. The first kappa shape index (κ1) is 15.7. The van der Waals surface area contributed by atoms with Crippen LogP contribution in [0.25, 0.3) is 5.57 Å². The molecule has 0 unspecified atom stereocenters. The second kappa shape index (κ2) is 7.94. The van der Waals surface area contributed by atoms with Crippen molar-refractivity contribution in [3.63, 3.8) is 0 Å². The van der Waals surface area contributed by atoms with Crippen LogP contribution < -0.4 is 9.64 Å². The van der Waals surface area contributed by atoms with Gasteiger partial charge >= 0.3 is 0 Å². The van der Waals surface area contributed by atoms with Crippen LogP contribution in [0.1, 0.15) is 19.4 Å². The molecule has 0 aliphatic rings. The van der Waals surface area contributed by atoms with E-state index in [0.29, 0.717) is 17.9 Å². The van der Waals surface area contributed by atoms with Gasteiger partial charge in [0.1, 0.15) is 6.29 Å². The summed E-state index contributed by atoms with van der Waals surface area (Å²) in [6.45, 7) is 4.52. The van der Waals surface area contributed by atoms with E-state index >= 15 is 0 Å². The number of hydrogen-bond donors (Lipinski definition) is 0. The van der Waals surface area contributed by atoms with Gasteiger partial charge in [0.15, 0.2) is 5.75 Å². The van der Waals surface area contributed by atoms with E-state index < -0.39 is 0 Å². The zero-order chi connectivity index (χ0) is 15.0. The number of rotatable bonds is 7. The Morgan fingerprint density at radius 2 is 2.05 bits per heavy atom. The predicted octanol–water partition coefficient (Wildman–Crippen LogP) is 2.84. The van der Waals surface area contributed by atoms with E-state index in [4.69, 9.17) is 4.74 Å². The molecule has 0 aromatic heterocycles. The zero-order valence-electron chi connectivity index (χ0n) is 12.0. The van der Waals surface area contributed by atoms with Crippen molar-refractivity contribution in [1.82, 2.24) is 0 Å². The Kier molecular flexibility index (Phi) is 6.23. The maximum atomic E-state index is 10.7. The van der Waals surface area contributed by atoms with E-state index in [0.717, 1.165) is 17.4 Å². The van der Waals surface area contributed by atoms with Crippen molar-refractivity contribution in [3.8, 4) is 5.75 Å². The average Bonchev–Trinajstić information content (AvgIpc) is 2.46. The van der Waals surface area contributed by atoms with Gasteiger partial charge in [-0.05, 0) is 37.1 Å². The summed E-state index contributed by atoms with van der Waals surface area (Å²) in [5.41, 5.74) is 2.76. The minimum atomic E-state index is 0.230. The lowest BCUT2D eigenvalue weighted by atomic mass is 10.0. The predicted molar refractivity (Wildman–Crippen MR) is 80.9 cm³/mol. The Bertz CT molecular complexity index is 533. The number of carbonyl (C=O) groups excluding carboxylic acids is 2. The number of aldehydes is 1. The minimum absolute atomic E-state index is 0.230. The summed E-state index contributed by atoms with van der Waals surface area (Å²) in [6.07, 6.45) is 6.76. The molecule has 0 spiro atoms. The number of allylic oxidation sites excluding steroid dienone is 4. The lowest BCUT2D eigenvalue weighted by Gasteiger charge is -2.20. The number of carbonyl (C=O) groups is 2. The van der Waals surface area contributed by atoms with Crippen LogP contribution in [-0.4, -0.2) is 26.4 Å². The topological polar surface area (TPSA) is 46.6 Å². The third kappa shape index (κ3) is 3.82. The Morgan fingerprint density at radius 3 is 2.60 bits per heavy atom. The second-order valence-electron chi connectivity index (χ2n) is 4.19. The Morgan fingerprint density at radius 1 is 1.30 bits per heavy atom. The normalized spacial score (nSPS) is 11.4. The standard InChI is InChI=1S/C16H19NO3/c1-4-6-13(5-2)14-7-8-16(20-12-19)15(11-14)17(3)9-10-18/h4-8,10-12H,9H2,1-3H3/b6-4-,13-5+. The van der Waals surface area contributed by atoms with Crippen molar-refractivity contribution in [2.45, 2.75) is 13.8 Å². The fraction of sp³-hybridized carbons (Fsp3) is 0.250. The largest absolute Gasteiger partial charge is 0.427 e. The fourth-order valence-electron chi connectivity index (χ4n) is 1.90. The molecule has 0 bridgehead atoms. The van der Waals surface area contributed by atoms with Crippen LogP contribution in [0.15, 0.2) is 36.4 Å². The third-order valence-electron chi connectivity index (χ3n) is 2.88. The van der Waals surface area contributed by atoms with Gasteiger partial charge in [0.25, 0.3) is 6.47 Å². The molecule has 0 aliphatic carbocycles. The molecule has 0 saturated heterocycles. The summed E-state index contributed by atoms with van der Waals surface area (Å²) in [6, 6.07) is 5.51. The van der Waals surface area contributed by atoms with Gasteiger partial charge < -0.3 is 14.4 Å². The monoisotopic (exact) mass is 273 g/mol. The summed E-state index contributed by atoms with van der Waals surface area (Å²) in [4.78, 5) is 22.9. The molecule has 1 rings (SSSR count).